The molecule has 1 aromatic heterocycles. The van der Waals surface area contributed by atoms with Crippen LogP contribution in [0.2, 0.25) is 0 Å². The first kappa shape index (κ1) is 13.0. The molecule has 5 heteroatoms. The summed E-state index contributed by atoms with van der Waals surface area (Å²) in [4.78, 5) is 18.4. The molecular weight excluding hydrogens is 228 g/mol. The number of rotatable bonds is 4. The summed E-state index contributed by atoms with van der Waals surface area (Å²) < 4.78 is 0. The molecule has 2 heterocycles. The van der Waals surface area contributed by atoms with Gasteiger partial charge in [-0.1, -0.05) is 6.07 Å². The number of aromatic nitrogens is 1. The minimum atomic E-state index is -0.131. The number of nitrogens with zero attached hydrogens (tertiary/aromatic N) is 2. The van der Waals surface area contributed by atoms with Gasteiger partial charge in [-0.05, 0) is 32.0 Å². The summed E-state index contributed by atoms with van der Waals surface area (Å²) >= 11 is 0. The molecule has 0 radical (unpaired) electrons. The summed E-state index contributed by atoms with van der Waals surface area (Å²) in [5, 5.41) is 2.97. The van der Waals surface area contributed by atoms with Crippen LogP contribution in [0, 0.1) is 0 Å². The fraction of sp³-hybridized carbons (Fsp3) is 0.538. The maximum atomic E-state index is 12.0. The molecule has 1 fully saturated rings. The molecule has 98 valence electrons. The topological polar surface area (TPSA) is 71.2 Å². The van der Waals surface area contributed by atoms with Gasteiger partial charge in [0.2, 0.25) is 5.91 Å². The number of pyridine rings is 1. The van der Waals surface area contributed by atoms with E-state index >= 15 is 0 Å². The van der Waals surface area contributed by atoms with Gasteiger partial charge in [-0.25, -0.2) is 0 Å². The van der Waals surface area contributed by atoms with Crippen molar-refractivity contribution in [3.8, 4) is 0 Å². The second-order valence-electron chi connectivity index (χ2n) is 4.75. The molecule has 1 aliphatic rings. The van der Waals surface area contributed by atoms with Gasteiger partial charge in [-0.15, -0.1) is 0 Å². The highest BCUT2D eigenvalue weighted by molar-refractivity contribution is 5.82. The Balaban J connectivity index is 2.09. The molecule has 0 aromatic carbocycles. The van der Waals surface area contributed by atoms with Gasteiger partial charge in [0.1, 0.15) is 0 Å². The number of amides is 1. The number of nitrogens with two attached hydrogens (primary N) is 1. The maximum absolute atomic E-state index is 12.0. The molecule has 2 atom stereocenters. The standard InChI is InChI=1S/C13H20N4O/c1-10-8-17(9-11-4-2-3-7-15-11)12(5-6-14)13(18)16-10/h2-4,7,10,12H,5-6,8-9,14H2,1H3,(H,16,18). The average molecular weight is 248 g/mol. The van der Waals surface area contributed by atoms with Crippen molar-refractivity contribution in [2.45, 2.75) is 32.0 Å². The largest absolute Gasteiger partial charge is 0.351 e. The van der Waals surface area contributed by atoms with Crippen LogP contribution in [-0.2, 0) is 11.3 Å². The molecule has 3 N–H and O–H groups in total. The summed E-state index contributed by atoms with van der Waals surface area (Å²) in [6, 6.07) is 5.89. The van der Waals surface area contributed by atoms with Crippen molar-refractivity contribution in [1.82, 2.24) is 15.2 Å². The molecule has 0 saturated carbocycles. The van der Waals surface area contributed by atoms with Gasteiger partial charge in [0.15, 0.2) is 0 Å². The normalized spacial score (nSPS) is 24.9. The second kappa shape index (κ2) is 5.93. The van der Waals surface area contributed by atoms with E-state index in [2.05, 4.69) is 15.2 Å². The Labute approximate surface area is 107 Å². The third-order valence-electron chi connectivity index (χ3n) is 3.17. The second-order valence-corrected chi connectivity index (χ2v) is 4.75. The van der Waals surface area contributed by atoms with E-state index < -0.39 is 0 Å². The van der Waals surface area contributed by atoms with Crippen LogP contribution >= 0.6 is 0 Å². The number of hydrogen-bond donors (Lipinski definition) is 2. The van der Waals surface area contributed by atoms with Crippen LogP contribution in [0.1, 0.15) is 19.0 Å². The smallest absolute Gasteiger partial charge is 0.237 e. The van der Waals surface area contributed by atoms with Crippen LogP contribution in [0.3, 0.4) is 0 Å². The molecule has 1 aromatic rings. The lowest BCUT2D eigenvalue weighted by atomic mass is 10.1. The first-order valence-electron chi connectivity index (χ1n) is 6.35. The predicted octanol–water partition coefficient (Wildman–Crippen LogP) is 0.119. The van der Waals surface area contributed by atoms with Crippen molar-refractivity contribution in [1.29, 1.82) is 0 Å². The van der Waals surface area contributed by atoms with E-state index in [9.17, 15) is 4.79 Å². The average Bonchev–Trinajstić information content (AvgIpc) is 2.35. The Morgan fingerprint density at radius 2 is 2.39 bits per heavy atom. The van der Waals surface area contributed by atoms with Crippen molar-refractivity contribution in [3.05, 3.63) is 30.1 Å². The molecule has 1 saturated heterocycles. The van der Waals surface area contributed by atoms with Crippen molar-refractivity contribution in [3.63, 3.8) is 0 Å². The number of hydrogen-bond acceptors (Lipinski definition) is 4. The first-order valence-corrected chi connectivity index (χ1v) is 6.35. The SMILES string of the molecule is CC1CN(Cc2ccccn2)C(CCN)C(=O)N1. The lowest BCUT2D eigenvalue weighted by Crippen LogP contribution is -2.59. The van der Waals surface area contributed by atoms with Gasteiger partial charge in [0.25, 0.3) is 0 Å². The molecule has 18 heavy (non-hydrogen) atoms. The Hall–Kier alpha value is -1.46. The van der Waals surface area contributed by atoms with Crippen molar-refractivity contribution in [2.24, 2.45) is 5.73 Å². The van der Waals surface area contributed by atoms with Crippen molar-refractivity contribution < 1.29 is 4.79 Å². The van der Waals surface area contributed by atoms with Crippen LogP contribution in [0.4, 0.5) is 0 Å². The molecule has 0 bridgehead atoms. The van der Waals surface area contributed by atoms with E-state index in [1.165, 1.54) is 0 Å². The molecular formula is C13H20N4O. The van der Waals surface area contributed by atoms with Gasteiger partial charge in [0, 0.05) is 25.3 Å². The molecule has 1 aliphatic heterocycles. The molecule has 2 unspecified atom stereocenters. The summed E-state index contributed by atoms with van der Waals surface area (Å²) in [6.07, 6.45) is 2.46. The van der Waals surface area contributed by atoms with E-state index in [0.29, 0.717) is 19.5 Å². The van der Waals surface area contributed by atoms with Gasteiger partial charge < -0.3 is 11.1 Å². The third-order valence-corrected chi connectivity index (χ3v) is 3.17. The summed E-state index contributed by atoms with van der Waals surface area (Å²) in [5.74, 6) is 0.0788. The highest BCUT2D eigenvalue weighted by Crippen LogP contribution is 2.14. The molecule has 0 aliphatic carbocycles. The van der Waals surface area contributed by atoms with Gasteiger partial charge in [-0.3, -0.25) is 14.7 Å². The van der Waals surface area contributed by atoms with E-state index in [0.717, 1.165) is 12.2 Å². The Kier molecular flexibility index (Phi) is 4.28. The van der Waals surface area contributed by atoms with Crippen LogP contribution in [-0.4, -0.2) is 41.0 Å². The zero-order valence-electron chi connectivity index (χ0n) is 10.7. The molecule has 1 amide bonds. The molecule has 2 rings (SSSR count). The van der Waals surface area contributed by atoms with Crippen LogP contribution in [0.15, 0.2) is 24.4 Å². The van der Waals surface area contributed by atoms with E-state index in [4.69, 9.17) is 5.73 Å². The molecule has 5 nitrogen and oxygen atoms in total. The van der Waals surface area contributed by atoms with Crippen LogP contribution in [0.5, 0.6) is 0 Å². The van der Waals surface area contributed by atoms with Gasteiger partial charge >= 0.3 is 0 Å². The maximum Gasteiger partial charge on any atom is 0.237 e. The minimum absolute atomic E-state index is 0.0788. The predicted molar refractivity (Wildman–Crippen MR) is 69.7 cm³/mol. The lowest BCUT2D eigenvalue weighted by Gasteiger charge is -2.38. The number of piperazine rings is 1. The summed E-state index contributed by atoms with van der Waals surface area (Å²) in [5.41, 5.74) is 6.58. The minimum Gasteiger partial charge on any atom is -0.351 e. The fourth-order valence-corrected chi connectivity index (χ4v) is 2.38. The van der Waals surface area contributed by atoms with Crippen LogP contribution < -0.4 is 11.1 Å². The zero-order valence-corrected chi connectivity index (χ0v) is 10.7. The van der Waals surface area contributed by atoms with Crippen molar-refractivity contribution >= 4 is 5.91 Å². The highest BCUT2D eigenvalue weighted by atomic mass is 16.2. The Morgan fingerprint density at radius 3 is 3.06 bits per heavy atom. The number of carbonyl (C=O) groups excluding carboxylic acids is 1. The quantitative estimate of drug-likeness (QED) is 0.794. The van der Waals surface area contributed by atoms with E-state index in [-0.39, 0.29) is 18.0 Å². The third kappa shape index (κ3) is 3.05. The molecule has 0 spiro atoms. The van der Waals surface area contributed by atoms with E-state index in [1.54, 1.807) is 6.20 Å². The fourth-order valence-electron chi connectivity index (χ4n) is 2.38. The summed E-state index contributed by atoms with van der Waals surface area (Å²) in [6.45, 7) is 4.07. The highest BCUT2D eigenvalue weighted by Gasteiger charge is 2.32. The van der Waals surface area contributed by atoms with Crippen LogP contribution in [0.25, 0.3) is 0 Å². The number of carbonyl (C=O) groups is 1. The van der Waals surface area contributed by atoms with Gasteiger partial charge in [0.05, 0.1) is 11.7 Å². The Morgan fingerprint density at radius 1 is 1.56 bits per heavy atom. The first-order chi connectivity index (χ1) is 8.70. The Bertz CT molecular complexity index is 395. The zero-order chi connectivity index (χ0) is 13.0. The monoisotopic (exact) mass is 248 g/mol. The van der Waals surface area contributed by atoms with Gasteiger partial charge in [-0.2, -0.15) is 0 Å². The van der Waals surface area contributed by atoms with E-state index in [1.807, 2.05) is 25.1 Å². The summed E-state index contributed by atoms with van der Waals surface area (Å²) in [7, 11) is 0. The lowest BCUT2D eigenvalue weighted by molar-refractivity contribution is -0.131. The van der Waals surface area contributed by atoms with Crippen molar-refractivity contribution in [2.75, 3.05) is 13.1 Å². The number of nitrogens with one attached hydrogen (secondary N) is 1.